The molecule has 0 spiro atoms. The van der Waals surface area contributed by atoms with Gasteiger partial charge in [0.25, 0.3) is 0 Å². The molecule has 0 fully saturated rings. The Morgan fingerprint density at radius 2 is 0.944 bits per heavy atom. The first-order chi connectivity index (χ1) is 25.6. The first kappa shape index (κ1) is 39.0. The molecule has 0 aliphatic carbocycles. The zero-order chi connectivity index (χ0) is 39.2. The van der Waals surface area contributed by atoms with Crippen molar-refractivity contribution in [1.82, 2.24) is 29.9 Å². The van der Waals surface area contributed by atoms with E-state index in [9.17, 15) is 9.59 Å². The van der Waals surface area contributed by atoms with Gasteiger partial charge in [-0.05, 0) is 106 Å². The Kier molecular flexibility index (Phi) is 11.7. The van der Waals surface area contributed by atoms with E-state index in [2.05, 4.69) is 41.4 Å². The lowest BCUT2D eigenvalue weighted by atomic mass is 10.2. The molecule has 0 saturated carbocycles. The summed E-state index contributed by atoms with van der Waals surface area (Å²) in [5.74, 6) is 1.31. The maximum absolute atomic E-state index is 14.0. The van der Waals surface area contributed by atoms with Crippen molar-refractivity contribution in [3.63, 3.8) is 0 Å². The van der Waals surface area contributed by atoms with E-state index < -0.39 is 23.4 Å². The van der Waals surface area contributed by atoms with Crippen LogP contribution in [0.3, 0.4) is 0 Å². The Bertz CT molecular complexity index is 1810. The third-order valence-electron chi connectivity index (χ3n) is 7.64. The van der Waals surface area contributed by atoms with Crippen LogP contribution in [0.2, 0.25) is 0 Å². The number of benzene rings is 2. The average Bonchev–Trinajstić information content (AvgIpc) is 3.09. The molecule has 2 aromatic carbocycles. The Morgan fingerprint density at radius 1 is 0.574 bits per heavy atom. The van der Waals surface area contributed by atoms with Gasteiger partial charge in [-0.3, -0.25) is 10.9 Å². The molecular weight excluding hydrogens is 692 g/mol. The molecule has 54 heavy (non-hydrogen) atoms. The van der Waals surface area contributed by atoms with Crippen LogP contribution in [0.25, 0.3) is 0 Å². The van der Waals surface area contributed by atoms with Crippen LogP contribution in [0, 0.1) is 0 Å². The minimum absolute atomic E-state index is 0.0553. The van der Waals surface area contributed by atoms with E-state index in [0.29, 0.717) is 49.5 Å². The van der Waals surface area contributed by atoms with Crippen molar-refractivity contribution in [2.75, 3.05) is 67.5 Å². The normalized spacial score (nSPS) is 12.9. The summed E-state index contributed by atoms with van der Waals surface area (Å²) >= 11 is 0. The van der Waals surface area contributed by atoms with Gasteiger partial charge in [-0.15, -0.1) is 0 Å². The van der Waals surface area contributed by atoms with Crippen molar-refractivity contribution in [1.29, 1.82) is 0 Å². The van der Waals surface area contributed by atoms with Crippen molar-refractivity contribution in [3.05, 3.63) is 48.5 Å². The van der Waals surface area contributed by atoms with Crippen LogP contribution in [-0.4, -0.2) is 79.5 Å². The second-order valence-corrected chi connectivity index (χ2v) is 14.1. The minimum Gasteiger partial charge on any atom is -0.442 e. The van der Waals surface area contributed by atoms with Gasteiger partial charge >= 0.3 is 12.2 Å². The maximum atomic E-state index is 14.0. The van der Waals surface area contributed by atoms with Crippen LogP contribution < -0.4 is 41.3 Å². The highest BCUT2D eigenvalue weighted by atomic mass is 16.6. The van der Waals surface area contributed by atoms with Crippen molar-refractivity contribution < 1.29 is 19.1 Å². The summed E-state index contributed by atoms with van der Waals surface area (Å²) in [5.41, 5.74) is 6.24. The molecular formula is C36H50N14O4. The third kappa shape index (κ3) is 10.0. The van der Waals surface area contributed by atoms with Gasteiger partial charge in [0.1, 0.15) is 11.2 Å². The lowest BCUT2D eigenvalue weighted by Gasteiger charge is -2.30. The number of amides is 2. The quantitative estimate of drug-likeness (QED) is 0.156. The number of nitrogens with one attached hydrogen (secondary N) is 4. The minimum atomic E-state index is -0.858. The van der Waals surface area contributed by atoms with Crippen LogP contribution in [0.15, 0.2) is 48.5 Å². The van der Waals surface area contributed by atoms with E-state index in [1.807, 2.05) is 61.8 Å². The molecule has 4 aromatic rings. The van der Waals surface area contributed by atoms with Crippen LogP contribution in [0.1, 0.15) is 69.2 Å². The van der Waals surface area contributed by atoms with Crippen LogP contribution >= 0.6 is 0 Å². The number of rotatable bonds is 6. The predicted octanol–water partition coefficient (Wildman–Crippen LogP) is 7.09. The SMILES string of the molecule is CCN(CC)c1nc2nc(n1)NN(C(=O)OC(C)(C)C)c1cccc(c1)N(C(=O)OC(C)(C)C)Nc1nc(nc(N(CC)CC)n1)Nc1cccc(c1)N2. The van der Waals surface area contributed by atoms with E-state index in [1.54, 1.807) is 65.8 Å². The zero-order valence-corrected chi connectivity index (χ0v) is 32.6. The number of aromatic nitrogens is 6. The number of carbonyl (C=O) groups is 2. The van der Waals surface area contributed by atoms with E-state index in [1.165, 1.54) is 10.0 Å². The lowest BCUT2D eigenvalue weighted by molar-refractivity contribution is 0.0579. The molecule has 288 valence electrons. The Labute approximate surface area is 315 Å². The number of anilines is 10. The van der Waals surface area contributed by atoms with Gasteiger partial charge in [0, 0.05) is 37.6 Å². The third-order valence-corrected chi connectivity index (χ3v) is 7.64. The number of hydrogen-bond donors (Lipinski definition) is 4. The maximum Gasteiger partial charge on any atom is 0.434 e. The highest BCUT2D eigenvalue weighted by Crippen LogP contribution is 2.29. The van der Waals surface area contributed by atoms with Gasteiger partial charge in [-0.1, -0.05) is 12.1 Å². The van der Waals surface area contributed by atoms with E-state index >= 15 is 0 Å². The fourth-order valence-electron chi connectivity index (χ4n) is 5.19. The Balaban J connectivity index is 1.76. The van der Waals surface area contributed by atoms with Crippen LogP contribution in [0.5, 0.6) is 0 Å². The summed E-state index contributed by atoms with van der Waals surface area (Å²) in [6.07, 6.45) is -1.51. The smallest absolute Gasteiger partial charge is 0.434 e. The second-order valence-electron chi connectivity index (χ2n) is 14.1. The van der Waals surface area contributed by atoms with Gasteiger partial charge in [0.05, 0.1) is 11.4 Å². The summed E-state index contributed by atoms with van der Waals surface area (Å²) < 4.78 is 11.7. The standard InChI is InChI=1S/C36H50N14O4/c1-11-47(12-2)31-41-27-37-23-17-15-18-24(21-23)38-28-40-30(44-32(42-28)48(13-3)14-4)46-50(34(52)54-36(8,9)10)26-20-16-19-25(22-26)49(45-29(39-27)43-31)33(51)53-35(5,6)7/h15-22H,11-14H2,1-10H3,(H2,37,39,41,43,45)(H2,38,40,42,44,46). The molecule has 8 bridgehead atoms. The molecule has 3 heterocycles. The average molecular weight is 743 g/mol. The topological polar surface area (TPSA) is 191 Å². The van der Waals surface area contributed by atoms with Crippen molar-refractivity contribution >= 4 is 70.6 Å². The van der Waals surface area contributed by atoms with E-state index in [0.717, 1.165) is 0 Å². The number of hydrazine groups is 2. The van der Waals surface area contributed by atoms with E-state index in [-0.39, 0.29) is 35.2 Å². The largest absolute Gasteiger partial charge is 0.442 e. The number of carbonyl (C=O) groups excluding carboxylic acids is 2. The lowest BCUT2D eigenvalue weighted by Crippen LogP contribution is -2.43. The monoisotopic (exact) mass is 742 g/mol. The fraction of sp³-hybridized carbons (Fsp3) is 0.444. The van der Waals surface area contributed by atoms with Gasteiger partial charge in [0.15, 0.2) is 0 Å². The first-order valence-electron chi connectivity index (χ1n) is 17.9. The molecule has 0 saturated heterocycles. The molecule has 18 heteroatoms. The Morgan fingerprint density at radius 3 is 1.31 bits per heavy atom. The van der Waals surface area contributed by atoms with Crippen LogP contribution in [0.4, 0.5) is 68.0 Å². The van der Waals surface area contributed by atoms with Gasteiger partial charge in [-0.2, -0.15) is 39.9 Å². The molecule has 18 nitrogen and oxygen atoms in total. The van der Waals surface area contributed by atoms with Crippen molar-refractivity contribution in [3.8, 4) is 0 Å². The summed E-state index contributed by atoms with van der Waals surface area (Å²) in [4.78, 5) is 59.9. The molecule has 1 aliphatic rings. The van der Waals surface area contributed by atoms with Gasteiger partial charge in [0.2, 0.25) is 35.7 Å². The van der Waals surface area contributed by atoms with Crippen LogP contribution in [-0.2, 0) is 9.47 Å². The molecule has 0 atom stereocenters. The summed E-state index contributed by atoms with van der Waals surface area (Å²) in [5, 5.41) is 8.88. The number of ether oxygens (including phenoxy) is 2. The number of hydrogen-bond acceptors (Lipinski definition) is 16. The number of nitrogens with zero attached hydrogens (tertiary/aromatic N) is 10. The molecule has 4 N–H and O–H groups in total. The highest BCUT2D eigenvalue weighted by Gasteiger charge is 2.29. The van der Waals surface area contributed by atoms with Gasteiger partial charge in [-0.25, -0.2) is 9.59 Å². The zero-order valence-electron chi connectivity index (χ0n) is 32.6. The van der Waals surface area contributed by atoms with Gasteiger partial charge < -0.3 is 29.9 Å². The fourth-order valence-corrected chi connectivity index (χ4v) is 5.19. The summed E-state index contributed by atoms with van der Waals surface area (Å²) in [6, 6.07) is 14.0. The summed E-state index contributed by atoms with van der Waals surface area (Å²) in [7, 11) is 0. The molecule has 0 unspecified atom stereocenters. The molecule has 1 aliphatic heterocycles. The molecule has 2 amide bonds. The van der Waals surface area contributed by atoms with Crippen molar-refractivity contribution in [2.24, 2.45) is 0 Å². The Hall–Kier alpha value is -6.20. The molecule has 0 radical (unpaired) electrons. The predicted molar refractivity (Wildman–Crippen MR) is 211 cm³/mol. The molecule has 2 aromatic heterocycles. The highest BCUT2D eigenvalue weighted by molar-refractivity contribution is 5.94. The molecule has 5 rings (SSSR count). The first-order valence-corrected chi connectivity index (χ1v) is 17.9. The van der Waals surface area contributed by atoms with E-state index in [4.69, 9.17) is 19.4 Å². The number of fused-ring (bicyclic) bond motifs is 8. The second kappa shape index (κ2) is 16.2. The summed E-state index contributed by atoms with van der Waals surface area (Å²) in [6.45, 7) is 21.0. The van der Waals surface area contributed by atoms with Crippen molar-refractivity contribution in [2.45, 2.75) is 80.4 Å².